The van der Waals surface area contributed by atoms with E-state index in [0.29, 0.717) is 6.42 Å². The molecule has 0 bridgehead atoms. The summed E-state index contributed by atoms with van der Waals surface area (Å²) in [5.74, 6) is 0. The summed E-state index contributed by atoms with van der Waals surface area (Å²) in [6, 6.07) is 9.82. The van der Waals surface area contributed by atoms with Crippen molar-refractivity contribution in [3.63, 3.8) is 0 Å². The van der Waals surface area contributed by atoms with E-state index in [9.17, 15) is 10.2 Å². The Labute approximate surface area is 77.1 Å². The van der Waals surface area contributed by atoms with E-state index in [-0.39, 0.29) is 0 Å². The molecule has 0 spiro atoms. The quantitative estimate of drug-likeness (QED) is 0.675. The summed E-state index contributed by atoms with van der Waals surface area (Å²) >= 11 is 0. The van der Waals surface area contributed by atoms with Gasteiger partial charge in [-0.05, 0) is 17.2 Å². The van der Waals surface area contributed by atoms with Crippen molar-refractivity contribution in [2.75, 3.05) is 0 Å². The normalized spacial score (nSPS) is 27.4. The number of rotatable bonds is 1. The van der Waals surface area contributed by atoms with Crippen LogP contribution in [0.1, 0.15) is 12.0 Å². The van der Waals surface area contributed by atoms with Gasteiger partial charge in [-0.25, -0.2) is 0 Å². The predicted molar refractivity (Wildman–Crippen MR) is 51.0 cm³/mol. The molecule has 1 aliphatic rings. The molecule has 2 nitrogen and oxygen atoms in total. The van der Waals surface area contributed by atoms with Gasteiger partial charge >= 0.3 is 0 Å². The molecule has 0 fully saturated rings. The molecule has 1 aromatic carbocycles. The standard InChI is InChI=1S/C11H12O2/c12-10-6-9(7-11(10)13)8-4-2-1-3-5-8/h1-6,10-13H,7H2/t10-,11+/m0/s1. The lowest BCUT2D eigenvalue weighted by atomic mass is 10.1. The van der Waals surface area contributed by atoms with Crippen LogP contribution in [0.15, 0.2) is 36.4 Å². The maximum Gasteiger partial charge on any atom is 0.0989 e. The highest BCUT2D eigenvalue weighted by Gasteiger charge is 2.23. The Balaban J connectivity index is 2.25. The van der Waals surface area contributed by atoms with Crippen LogP contribution in [-0.4, -0.2) is 22.4 Å². The molecule has 2 N–H and O–H groups in total. The van der Waals surface area contributed by atoms with E-state index in [1.807, 2.05) is 30.3 Å². The molecule has 0 amide bonds. The Morgan fingerprint density at radius 3 is 2.31 bits per heavy atom. The summed E-state index contributed by atoms with van der Waals surface area (Å²) in [4.78, 5) is 0. The van der Waals surface area contributed by atoms with E-state index in [1.165, 1.54) is 0 Å². The van der Waals surface area contributed by atoms with Crippen LogP contribution in [0, 0.1) is 0 Å². The van der Waals surface area contributed by atoms with Crippen LogP contribution in [0.25, 0.3) is 5.57 Å². The van der Waals surface area contributed by atoms with Gasteiger partial charge in [0.1, 0.15) is 0 Å². The zero-order valence-electron chi connectivity index (χ0n) is 7.22. The molecule has 0 aliphatic heterocycles. The fraction of sp³-hybridized carbons (Fsp3) is 0.273. The van der Waals surface area contributed by atoms with Crippen molar-refractivity contribution < 1.29 is 10.2 Å². The lowest BCUT2D eigenvalue weighted by molar-refractivity contribution is 0.0615. The molecular formula is C11H12O2. The van der Waals surface area contributed by atoms with E-state index in [1.54, 1.807) is 6.08 Å². The first-order valence-electron chi connectivity index (χ1n) is 4.39. The monoisotopic (exact) mass is 176 g/mol. The van der Waals surface area contributed by atoms with Gasteiger partial charge in [-0.3, -0.25) is 0 Å². The van der Waals surface area contributed by atoms with Gasteiger partial charge in [-0.2, -0.15) is 0 Å². The van der Waals surface area contributed by atoms with E-state index in [4.69, 9.17) is 0 Å². The minimum Gasteiger partial charge on any atom is -0.390 e. The third-order valence-corrected chi connectivity index (χ3v) is 2.34. The lowest BCUT2D eigenvalue weighted by Crippen LogP contribution is -2.17. The van der Waals surface area contributed by atoms with Gasteiger partial charge in [-0.1, -0.05) is 30.3 Å². The minimum atomic E-state index is -0.699. The van der Waals surface area contributed by atoms with Crippen molar-refractivity contribution in [1.29, 1.82) is 0 Å². The van der Waals surface area contributed by atoms with Crippen molar-refractivity contribution in [2.45, 2.75) is 18.6 Å². The number of benzene rings is 1. The van der Waals surface area contributed by atoms with Crippen molar-refractivity contribution in [2.24, 2.45) is 0 Å². The molecule has 1 aliphatic carbocycles. The van der Waals surface area contributed by atoms with Crippen molar-refractivity contribution in [3.8, 4) is 0 Å². The predicted octanol–water partition coefficient (Wildman–Crippen LogP) is 1.20. The SMILES string of the molecule is O[C@@H]1CC(c2ccccc2)=C[C@@H]1O. The zero-order chi connectivity index (χ0) is 9.26. The smallest absolute Gasteiger partial charge is 0.0989 e. The van der Waals surface area contributed by atoms with Crippen LogP contribution >= 0.6 is 0 Å². The second-order valence-electron chi connectivity index (χ2n) is 3.32. The summed E-state index contributed by atoms with van der Waals surface area (Å²) in [6.45, 7) is 0. The molecular weight excluding hydrogens is 164 g/mol. The highest BCUT2D eigenvalue weighted by atomic mass is 16.3. The van der Waals surface area contributed by atoms with Gasteiger partial charge in [0.05, 0.1) is 12.2 Å². The number of hydrogen-bond acceptors (Lipinski definition) is 2. The lowest BCUT2D eigenvalue weighted by Gasteiger charge is -2.05. The molecule has 0 radical (unpaired) electrons. The molecule has 2 heteroatoms. The third kappa shape index (κ3) is 1.64. The van der Waals surface area contributed by atoms with Gasteiger partial charge in [0.15, 0.2) is 0 Å². The topological polar surface area (TPSA) is 40.5 Å². The summed E-state index contributed by atoms with van der Waals surface area (Å²) in [5.41, 5.74) is 2.11. The molecule has 0 saturated heterocycles. The summed E-state index contributed by atoms with van der Waals surface area (Å²) in [5, 5.41) is 18.6. The van der Waals surface area contributed by atoms with E-state index < -0.39 is 12.2 Å². The molecule has 13 heavy (non-hydrogen) atoms. The first-order valence-corrected chi connectivity index (χ1v) is 4.39. The maximum atomic E-state index is 9.33. The molecule has 68 valence electrons. The number of aliphatic hydroxyl groups is 2. The fourth-order valence-corrected chi connectivity index (χ4v) is 1.60. The molecule has 0 saturated carbocycles. The first kappa shape index (κ1) is 8.48. The van der Waals surface area contributed by atoms with Gasteiger partial charge in [0.25, 0.3) is 0 Å². The molecule has 0 heterocycles. The Bertz CT molecular complexity index is 316. The Kier molecular flexibility index (Phi) is 2.17. The molecule has 2 rings (SSSR count). The highest BCUT2D eigenvalue weighted by molar-refractivity contribution is 5.68. The molecule has 2 atom stereocenters. The first-order chi connectivity index (χ1) is 6.27. The second kappa shape index (κ2) is 3.32. The Morgan fingerprint density at radius 1 is 1.08 bits per heavy atom. The maximum absolute atomic E-state index is 9.33. The minimum absolute atomic E-state index is 0.547. The van der Waals surface area contributed by atoms with E-state index in [2.05, 4.69) is 0 Å². The van der Waals surface area contributed by atoms with Gasteiger partial charge in [-0.15, -0.1) is 0 Å². The highest BCUT2D eigenvalue weighted by Crippen LogP contribution is 2.27. The van der Waals surface area contributed by atoms with E-state index >= 15 is 0 Å². The third-order valence-electron chi connectivity index (χ3n) is 2.34. The molecule has 1 aromatic rings. The zero-order valence-corrected chi connectivity index (χ0v) is 7.22. The van der Waals surface area contributed by atoms with Crippen LogP contribution in [-0.2, 0) is 0 Å². The summed E-state index contributed by atoms with van der Waals surface area (Å²) in [6.07, 6.45) is 0.941. The van der Waals surface area contributed by atoms with Crippen LogP contribution in [0.2, 0.25) is 0 Å². The van der Waals surface area contributed by atoms with Crippen molar-refractivity contribution in [1.82, 2.24) is 0 Å². The molecule has 0 aromatic heterocycles. The van der Waals surface area contributed by atoms with Gasteiger partial charge in [0.2, 0.25) is 0 Å². The van der Waals surface area contributed by atoms with Crippen LogP contribution in [0.4, 0.5) is 0 Å². The Morgan fingerprint density at radius 2 is 1.77 bits per heavy atom. The van der Waals surface area contributed by atoms with Crippen LogP contribution < -0.4 is 0 Å². The average Bonchev–Trinajstić information content (AvgIpc) is 2.49. The fourth-order valence-electron chi connectivity index (χ4n) is 1.60. The number of aliphatic hydroxyl groups excluding tert-OH is 2. The van der Waals surface area contributed by atoms with Crippen LogP contribution in [0.3, 0.4) is 0 Å². The van der Waals surface area contributed by atoms with Crippen LogP contribution in [0.5, 0.6) is 0 Å². The van der Waals surface area contributed by atoms with Crippen molar-refractivity contribution in [3.05, 3.63) is 42.0 Å². The largest absolute Gasteiger partial charge is 0.390 e. The summed E-state index contributed by atoms with van der Waals surface area (Å²) < 4.78 is 0. The van der Waals surface area contributed by atoms with Gasteiger partial charge in [0, 0.05) is 6.42 Å². The number of hydrogen-bond donors (Lipinski definition) is 2. The summed E-state index contributed by atoms with van der Waals surface area (Å²) in [7, 11) is 0. The van der Waals surface area contributed by atoms with Gasteiger partial charge < -0.3 is 10.2 Å². The van der Waals surface area contributed by atoms with Crippen molar-refractivity contribution >= 4 is 5.57 Å². The van der Waals surface area contributed by atoms with E-state index in [0.717, 1.165) is 11.1 Å². The Hall–Kier alpha value is -1.12. The second-order valence-corrected chi connectivity index (χ2v) is 3.32. The molecule has 0 unspecified atom stereocenters. The average molecular weight is 176 g/mol.